The van der Waals surface area contributed by atoms with Crippen molar-refractivity contribution in [3.8, 4) is 0 Å². The van der Waals surface area contributed by atoms with Crippen LogP contribution >= 0.6 is 0 Å². The Kier molecular flexibility index (Phi) is 8.51. The lowest BCUT2D eigenvalue weighted by Gasteiger charge is -2.34. The van der Waals surface area contributed by atoms with Crippen molar-refractivity contribution in [2.24, 2.45) is 0 Å². The fourth-order valence-electron chi connectivity index (χ4n) is 3.08. The summed E-state index contributed by atoms with van der Waals surface area (Å²) in [5, 5.41) is 36.6. The first kappa shape index (κ1) is 24.9. The Bertz CT molecular complexity index is 1040. The normalized spacial score (nSPS) is 13.4. The summed E-state index contributed by atoms with van der Waals surface area (Å²) in [5.74, 6) is -3.82. The fraction of sp³-hybridized carbons (Fsp3) is 0.250. The van der Waals surface area contributed by atoms with Gasteiger partial charge in [0.25, 0.3) is 17.3 Å². The molecule has 1 aliphatic rings. The van der Waals surface area contributed by atoms with Gasteiger partial charge < -0.3 is 15.1 Å². The third kappa shape index (κ3) is 7.07. The number of benzene rings is 2. The minimum Gasteiger partial charge on any atom is -0.473 e. The average Bonchev–Trinajstić information content (AvgIpc) is 2.79. The Morgan fingerprint density at radius 3 is 1.85 bits per heavy atom. The lowest BCUT2D eigenvalue weighted by atomic mass is 10.1. The van der Waals surface area contributed by atoms with Crippen molar-refractivity contribution in [2.45, 2.75) is 6.54 Å². The van der Waals surface area contributed by atoms with Crippen molar-refractivity contribution in [1.29, 1.82) is 0 Å². The van der Waals surface area contributed by atoms with Crippen LogP contribution in [0, 0.1) is 20.2 Å². The maximum Gasteiger partial charge on any atom is 0.414 e. The van der Waals surface area contributed by atoms with E-state index in [4.69, 9.17) is 19.8 Å². The molecule has 1 heterocycles. The van der Waals surface area contributed by atoms with Crippen LogP contribution in [-0.2, 0) is 16.1 Å². The Morgan fingerprint density at radius 2 is 1.36 bits per heavy atom. The van der Waals surface area contributed by atoms with Crippen molar-refractivity contribution >= 4 is 29.2 Å². The number of carbonyl (C=O) groups excluding carboxylic acids is 1. The SMILES string of the molecule is O=C(O)C(=O)O.O=C(c1ccc([N+](=O)[O-])cc1)N1CCN(Cc2ccccc2[N+](=O)[O-])CC1. The Morgan fingerprint density at radius 1 is 0.818 bits per heavy atom. The lowest BCUT2D eigenvalue weighted by molar-refractivity contribution is -0.385. The third-order valence-electron chi connectivity index (χ3n) is 4.75. The summed E-state index contributed by atoms with van der Waals surface area (Å²) >= 11 is 0. The van der Waals surface area contributed by atoms with Crippen molar-refractivity contribution in [2.75, 3.05) is 26.2 Å². The summed E-state index contributed by atoms with van der Waals surface area (Å²) in [6, 6.07) is 12.2. The quantitative estimate of drug-likeness (QED) is 0.377. The van der Waals surface area contributed by atoms with E-state index >= 15 is 0 Å². The summed E-state index contributed by atoms with van der Waals surface area (Å²) in [6.07, 6.45) is 0. The van der Waals surface area contributed by atoms with Gasteiger partial charge in [-0.1, -0.05) is 18.2 Å². The number of carbonyl (C=O) groups is 3. The van der Waals surface area contributed by atoms with E-state index in [0.717, 1.165) is 0 Å². The molecule has 2 aromatic rings. The summed E-state index contributed by atoms with van der Waals surface area (Å²) in [4.78, 5) is 55.4. The van der Waals surface area contributed by atoms with Gasteiger partial charge in [-0.2, -0.15) is 0 Å². The number of carboxylic acids is 2. The van der Waals surface area contributed by atoms with Crippen LogP contribution in [0.25, 0.3) is 0 Å². The van der Waals surface area contributed by atoms with E-state index in [2.05, 4.69) is 4.90 Å². The molecule has 0 bridgehead atoms. The standard InChI is InChI=1S/C18H18N4O5.C2H2O4/c23-18(14-5-7-16(8-6-14)21(24)25)20-11-9-19(10-12-20)13-15-3-1-2-4-17(15)22(26)27;3-1(4)2(5)6/h1-8H,9-13H2;(H,3,4)(H,5,6). The van der Waals surface area contributed by atoms with Crippen molar-refractivity contribution < 1.29 is 34.4 Å². The Hall–Kier alpha value is -4.39. The molecule has 0 unspecified atom stereocenters. The van der Waals surface area contributed by atoms with Gasteiger partial charge in [0.1, 0.15) is 0 Å². The van der Waals surface area contributed by atoms with Gasteiger partial charge in [-0.15, -0.1) is 0 Å². The summed E-state index contributed by atoms with van der Waals surface area (Å²) in [5.41, 5.74) is 1.10. The molecule has 0 aromatic heterocycles. The fourth-order valence-corrected chi connectivity index (χ4v) is 3.08. The second-order valence-corrected chi connectivity index (χ2v) is 6.87. The van der Waals surface area contributed by atoms with E-state index in [0.29, 0.717) is 43.9 Å². The zero-order chi connectivity index (χ0) is 24.5. The smallest absolute Gasteiger partial charge is 0.414 e. The molecule has 0 radical (unpaired) electrons. The summed E-state index contributed by atoms with van der Waals surface area (Å²) < 4.78 is 0. The largest absolute Gasteiger partial charge is 0.473 e. The van der Waals surface area contributed by atoms with E-state index in [1.165, 1.54) is 30.3 Å². The predicted octanol–water partition coefficient (Wildman–Crippen LogP) is 1.62. The van der Waals surface area contributed by atoms with Crippen LogP contribution in [0.5, 0.6) is 0 Å². The van der Waals surface area contributed by atoms with Gasteiger partial charge in [-0.3, -0.25) is 29.9 Å². The van der Waals surface area contributed by atoms with Crippen LogP contribution in [-0.4, -0.2) is 73.9 Å². The molecule has 2 aromatic carbocycles. The molecular weight excluding hydrogens is 440 g/mol. The van der Waals surface area contributed by atoms with Gasteiger partial charge in [-0.25, -0.2) is 9.59 Å². The number of nitro benzene ring substituents is 2. The predicted molar refractivity (Wildman–Crippen MR) is 113 cm³/mol. The molecule has 3 rings (SSSR count). The molecule has 0 saturated carbocycles. The number of carboxylic acid groups (broad SMARTS) is 2. The highest BCUT2D eigenvalue weighted by Gasteiger charge is 2.24. The van der Waals surface area contributed by atoms with E-state index in [1.807, 2.05) is 0 Å². The second kappa shape index (κ2) is 11.3. The zero-order valence-corrected chi connectivity index (χ0v) is 17.2. The lowest BCUT2D eigenvalue weighted by Crippen LogP contribution is -2.48. The number of non-ortho nitro benzene ring substituents is 1. The highest BCUT2D eigenvalue weighted by atomic mass is 16.6. The minimum atomic E-state index is -1.82. The molecule has 1 saturated heterocycles. The van der Waals surface area contributed by atoms with Gasteiger partial charge >= 0.3 is 11.9 Å². The summed E-state index contributed by atoms with van der Waals surface area (Å²) in [6.45, 7) is 2.65. The molecule has 174 valence electrons. The van der Waals surface area contributed by atoms with Crippen LogP contribution in [0.4, 0.5) is 11.4 Å². The number of hydrogen-bond acceptors (Lipinski definition) is 8. The highest BCUT2D eigenvalue weighted by Crippen LogP contribution is 2.21. The number of rotatable bonds is 5. The Labute approximate surface area is 186 Å². The van der Waals surface area contributed by atoms with Crippen LogP contribution in [0.1, 0.15) is 15.9 Å². The molecular formula is C20H20N4O9. The van der Waals surface area contributed by atoms with Crippen molar-refractivity contribution in [3.63, 3.8) is 0 Å². The molecule has 13 heteroatoms. The molecule has 1 amide bonds. The number of nitro groups is 2. The van der Waals surface area contributed by atoms with Crippen LogP contribution < -0.4 is 0 Å². The van der Waals surface area contributed by atoms with Gasteiger partial charge in [0.2, 0.25) is 0 Å². The first-order chi connectivity index (χ1) is 15.6. The van der Waals surface area contributed by atoms with Gasteiger partial charge in [0.15, 0.2) is 0 Å². The van der Waals surface area contributed by atoms with E-state index in [-0.39, 0.29) is 22.2 Å². The van der Waals surface area contributed by atoms with Crippen LogP contribution in [0.2, 0.25) is 0 Å². The molecule has 33 heavy (non-hydrogen) atoms. The van der Waals surface area contributed by atoms with Gasteiger partial charge in [0.05, 0.1) is 9.85 Å². The average molecular weight is 460 g/mol. The van der Waals surface area contributed by atoms with Gasteiger partial charge in [-0.05, 0) is 12.1 Å². The monoisotopic (exact) mass is 460 g/mol. The number of nitrogens with zero attached hydrogens (tertiary/aromatic N) is 4. The first-order valence-corrected chi connectivity index (χ1v) is 9.54. The number of hydrogen-bond donors (Lipinski definition) is 2. The van der Waals surface area contributed by atoms with Gasteiger partial charge in [0, 0.05) is 62.0 Å². The molecule has 13 nitrogen and oxygen atoms in total. The van der Waals surface area contributed by atoms with Crippen LogP contribution in [0.15, 0.2) is 48.5 Å². The van der Waals surface area contributed by atoms with E-state index in [9.17, 15) is 25.0 Å². The van der Waals surface area contributed by atoms with Crippen molar-refractivity contribution in [3.05, 3.63) is 79.9 Å². The number of aliphatic carboxylic acids is 2. The molecule has 0 atom stereocenters. The highest BCUT2D eigenvalue weighted by molar-refractivity contribution is 6.27. The first-order valence-electron chi connectivity index (χ1n) is 9.54. The van der Waals surface area contributed by atoms with Crippen LogP contribution in [0.3, 0.4) is 0 Å². The number of piperazine rings is 1. The molecule has 1 aliphatic heterocycles. The zero-order valence-electron chi connectivity index (χ0n) is 17.2. The van der Waals surface area contributed by atoms with Crippen molar-refractivity contribution in [1.82, 2.24) is 9.80 Å². The molecule has 1 fully saturated rings. The van der Waals surface area contributed by atoms with E-state index in [1.54, 1.807) is 23.1 Å². The minimum absolute atomic E-state index is 0.0548. The maximum atomic E-state index is 12.5. The Balaban J connectivity index is 0.000000569. The molecule has 2 N–H and O–H groups in total. The van der Waals surface area contributed by atoms with E-state index < -0.39 is 16.9 Å². The molecule has 0 spiro atoms. The summed E-state index contributed by atoms with van der Waals surface area (Å²) in [7, 11) is 0. The second-order valence-electron chi connectivity index (χ2n) is 6.87. The third-order valence-corrected chi connectivity index (χ3v) is 4.75. The topological polar surface area (TPSA) is 184 Å². The molecule has 0 aliphatic carbocycles. The number of para-hydroxylation sites is 1. The number of amides is 1. The maximum absolute atomic E-state index is 12.5.